The topological polar surface area (TPSA) is 67.1 Å². The summed E-state index contributed by atoms with van der Waals surface area (Å²) in [5.41, 5.74) is 0.755. The van der Waals surface area contributed by atoms with Crippen molar-refractivity contribution >= 4 is 16.9 Å². The maximum absolute atomic E-state index is 14.3. The van der Waals surface area contributed by atoms with Crippen molar-refractivity contribution in [3.63, 3.8) is 0 Å². The predicted octanol–water partition coefficient (Wildman–Crippen LogP) is 3.43. The number of nitrogens with zero attached hydrogens (tertiary/aromatic N) is 5. The number of piperidine rings is 1. The predicted molar refractivity (Wildman–Crippen MR) is 93.5 cm³/mol. The normalized spacial score (nSPS) is 17.0. The Morgan fingerprint density at radius 1 is 1.08 bits per heavy atom. The van der Waals surface area contributed by atoms with E-state index in [4.69, 9.17) is 0 Å². The van der Waals surface area contributed by atoms with Gasteiger partial charge in [0.1, 0.15) is 11.2 Å². The number of hydrogen-bond donors (Lipinski definition) is 1. The van der Waals surface area contributed by atoms with Gasteiger partial charge in [0.05, 0.1) is 18.6 Å². The van der Waals surface area contributed by atoms with E-state index in [-0.39, 0.29) is 10.9 Å². The SMILES string of the molecule is CC1(C)CCN(c2ncc(-n3ncc4cc(F)c(O)c(F)c43)cn2)CC1. The highest BCUT2D eigenvalue weighted by Crippen LogP contribution is 2.32. The number of hydrogen-bond acceptors (Lipinski definition) is 5. The van der Waals surface area contributed by atoms with E-state index in [0.717, 1.165) is 32.0 Å². The molecule has 1 aromatic carbocycles. The van der Waals surface area contributed by atoms with Gasteiger partial charge in [0.25, 0.3) is 0 Å². The summed E-state index contributed by atoms with van der Waals surface area (Å²) >= 11 is 0. The standard InChI is InChI=1S/C18H19F2N5O/c1-18(2)3-5-24(6-4-18)17-21-9-12(10-22-17)25-15-11(8-23-25)7-13(19)16(26)14(15)20/h7-10,26H,3-6H2,1-2H3. The molecule has 8 heteroatoms. The molecule has 0 unspecified atom stereocenters. The minimum absolute atomic E-state index is 0.0139. The van der Waals surface area contributed by atoms with Crippen molar-refractivity contribution in [1.29, 1.82) is 0 Å². The fraction of sp³-hybridized carbons (Fsp3) is 0.389. The van der Waals surface area contributed by atoms with Crippen LogP contribution in [0.5, 0.6) is 5.75 Å². The van der Waals surface area contributed by atoms with E-state index >= 15 is 0 Å². The monoisotopic (exact) mass is 359 g/mol. The van der Waals surface area contributed by atoms with Crippen LogP contribution in [0.4, 0.5) is 14.7 Å². The van der Waals surface area contributed by atoms with Gasteiger partial charge in [-0.05, 0) is 24.3 Å². The molecule has 1 aliphatic heterocycles. The maximum atomic E-state index is 14.3. The molecule has 0 aliphatic carbocycles. The first-order valence-corrected chi connectivity index (χ1v) is 8.48. The van der Waals surface area contributed by atoms with Crippen LogP contribution in [0.25, 0.3) is 16.6 Å². The first-order chi connectivity index (χ1) is 12.4. The number of halogens is 2. The van der Waals surface area contributed by atoms with Gasteiger partial charge in [0.2, 0.25) is 5.95 Å². The van der Waals surface area contributed by atoms with Crippen LogP contribution in [0.15, 0.2) is 24.7 Å². The van der Waals surface area contributed by atoms with Gasteiger partial charge in [-0.3, -0.25) is 0 Å². The molecule has 4 rings (SSSR count). The number of rotatable bonds is 2. The summed E-state index contributed by atoms with van der Waals surface area (Å²) in [6.07, 6.45) is 6.57. The summed E-state index contributed by atoms with van der Waals surface area (Å²) in [6, 6.07) is 1.04. The smallest absolute Gasteiger partial charge is 0.225 e. The summed E-state index contributed by atoms with van der Waals surface area (Å²) in [7, 11) is 0. The second kappa shape index (κ2) is 5.89. The van der Waals surface area contributed by atoms with Crippen LogP contribution in [-0.2, 0) is 0 Å². The van der Waals surface area contributed by atoms with Crippen molar-refractivity contribution in [2.24, 2.45) is 5.41 Å². The van der Waals surface area contributed by atoms with E-state index in [9.17, 15) is 13.9 Å². The lowest BCUT2D eigenvalue weighted by atomic mass is 9.83. The Bertz CT molecular complexity index is 958. The third-order valence-corrected chi connectivity index (χ3v) is 4.99. The molecule has 1 aliphatic rings. The molecule has 0 saturated carbocycles. The minimum Gasteiger partial charge on any atom is -0.503 e. The van der Waals surface area contributed by atoms with E-state index in [1.165, 1.54) is 10.9 Å². The van der Waals surface area contributed by atoms with Gasteiger partial charge >= 0.3 is 0 Å². The molecule has 1 fully saturated rings. The highest BCUT2D eigenvalue weighted by molar-refractivity contribution is 5.82. The molecule has 0 radical (unpaired) electrons. The van der Waals surface area contributed by atoms with Crippen LogP contribution in [-0.4, -0.2) is 37.9 Å². The lowest BCUT2D eigenvalue weighted by Crippen LogP contribution is -2.38. The van der Waals surface area contributed by atoms with Crippen molar-refractivity contribution in [3.05, 3.63) is 36.3 Å². The molecule has 1 N–H and O–H groups in total. The maximum Gasteiger partial charge on any atom is 0.225 e. The Balaban J connectivity index is 1.66. The number of aromatic hydroxyl groups is 1. The van der Waals surface area contributed by atoms with Crippen molar-refractivity contribution in [2.45, 2.75) is 26.7 Å². The first kappa shape index (κ1) is 16.7. The summed E-state index contributed by atoms with van der Waals surface area (Å²) in [5.74, 6) is -2.48. The summed E-state index contributed by atoms with van der Waals surface area (Å²) in [4.78, 5) is 10.9. The Morgan fingerprint density at radius 3 is 2.38 bits per heavy atom. The largest absolute Gasteiger partial charge is 0.503 e. The zero-order chi connectivity index (χ0) is 18.5. The quantitative estimate of drug-likeness (QED) is 0.759. The lowest BCUT2D eigenvalue weighted by Gasteiger charge is -2.36. The van der Waals surface area contributed by atoms with Gasteiger partial charge < -0.3 is 10.0 Å². The number of fused-ring (bicyclic) bond motifs is 1. The Morgan fingerprint density at radius 2 is 1.73 bits per heavy atom. The lowest BCUT2D eigenvalue weighted by molar-refractivity contribution is 0.278. The molecule has 0 bridgehead atoms. The number of benzene rings is 1. The van der Waals surface area contributed by atoms with Gasteiger partial charge in [0, 0.05) is 18.5 Å². The van der Waals surface area contributed by atoms with Gasteiger partial charge in [-0.1, -0.05) is 13.8 Å². The van der Waals surface area contributed by atoms with E-state index in [2.05, 4.69) is 33.8 Å². The van der Waals surface area contributed by atoms with E-state index in [0.29, 0.717) is 17.1 Å². The highest BCUT2D eigenvalue weighted by Gasteiger charge is 2.26. The molecule has 6 nitrogen and oxygen atoms in total. The number of anilines is 1. The molecule has 1 saturated heterocycles. The molecule has 0 amide bonds. The van der Waals surface area contributed by atoms with E-state index in [1.807, 2.05) is 0 Å². The number of phenols is 1. The molecule has 0 spiro atoms. The average Bonchev–Trinajstić information content (AvgIpc) is 3.04. The number of aromatic nitrogens is 4. The van der Waals surface area contributed by atoms with E-state index in [1.54, 1.807) is 12.4 Å². The zero-order valence-electron chi connectivity index (χ0n) is 14.6. The fourth-order valence-corrected chi connectivity index (χ4v) is 3.20. The molecule has 3 heterocycles. The Kier molecular flexibility index (Phi) is 3.78. The molecule has 3 aromatic rings. The zero-order valence-corrected chi connectivity index (χ0v) is 14.6. The molecule has 0 atom stereocenters. The molecule has 2 aromatic heterocycles. The summed E-state index contributed by atoms with van der Waals surface area (Å²) in [5, 5.41) is 13.8. The van der Waals surface area contributed by atoms with Crippen molar-refractivity contribution in [2.75, 3.05) is 18.0 Å². The molecule has 136 valence electrons. The van der Waals surface area contributed by atoms with Crippen LogP contribution >= 0.6 is 0 Å². The first-order valence-electron chi connectivity index (χ1n) is 8.48. The van der Waals surface area contributed by atoms with Crippen molar-refractivity contribution in [1.82, 2.24) is 19.7 Å². The molecule has 26 heavy (non-hydrogen) atoms. The summed E-state index contributed by atoms with van der Waals surface area (Å²) in [6.45, 7) is 6.28. The van der Waals surface area contributed by atoms with Gasteiger partial charge in [-0.2, -0.15) is 5.10 Å². The van der Waals surface area contributed by atoms with Crippen LogP contribution in [0.3, 0.4) is 0 Å². The van der Waals surface area contributed by atoms with Gasteiger partial charge in [-0.25, -0.2) is 23.4 Å². The Hall–Kier alpha value is -2.77. The van der Waals surface area contributed by atoms with Crippen LogP contribution in [0.1, 0.15) is 26.7 Å². The van der Waals surface area contributed by atoms with Crippen LogP contribution < -0.4 is 4.90 Å². The number of phenolic OH excluding ortho intramolecular Hbond substituents is 1. The third-order valence-electron chi connectivity index (χ3n) is 4.99. The van der Waals surface area contributed by atoms with Crippen molar-refractivity contribution in [3.8, 4) is 11.4 Å². The van der Waals surface area contributed by atoms with Gasteiger partial charge in [0.15, 0.2) is 17.4 Å². The second-order valence-corrected chi connectivity index (χ2v) is 7.41. The minimum atomic E-state index is -1.06. The second-order valence-electron chi connectivity index (χ2n) is 7.41. The average molecular weight is 359 g/mol. The van der Waals surface area contributed by atoms with Crippen LogP contribution in [0.2, 0.25) is 0 Å². The molecular formula is C18H19F2N5O. The molecular weight excluding hydrogens is 340 g/mol. The van der Waals surface area contributed by atoms with E-state index < -0.39 is 17.4 Å². The fourth-order valence-electron chi connectivity index (χ4n) is 3.20. The van der Waals surface area contributed by atoms with Crippen LogP contribution in [0, 0.1) is 17.0 Å². The van der Waals surface area contributed by atoms with Crippen molar-refractivity contribution < 1.29 is 13.9 Å². The highest BCUT2D eigenvalue weighted by atomic mass is 19.1. The van der Waals surface area contributed by atoms with Gasteiger partial charge in [-0.15, -0.1) is 0 Å². The Labute approximate surface area is 149 Å². The summed E-state index contributed by atoms with van der Waals surface area (Å²) < 4.78 is 29.0. The third kappa shape index (κ3) is 2.75.